The highest BCUT2D eigenvalue weighted by atomic mass is 32.1. The zero-order valence-electron chi connectivity index (χ0n) is 80.4. The van der Waals surface area contributed by atoms with Crippen LogP contribution in [0.4, 0.5) is 26.3 Å². The van der Waals surface area contributed by atoms with Gasteiger partial charge in [0, 0.05) is 127 Å². The van der Waals surface area contributed by atoms with Gasteiger partial charge in [-0.1, -0.05) is 234 Å². The van der Waals surface area contributed by atoms with Crippen LogP contribution in [0.1, 0.15) is 366 Å². The summed E-state index contributed by atoms with van der Waals surface area (Å²) in [4.78, 5) is 57.5. The molecule has 14 aromatic rings. The molecule has 0 bridgehead atoms. The van der Waals surface area contributed by atoms with Crippen molar-refractivity contribution in [2.45, 2.75) is 324 Å². The number of hydrogen-bond donors (Lipinski definition) is 0. The minimum absolute atomic E-state index is 0. The number of aromatic nitrogens is 14. The van der Waals surface area contributed by atoms with E-state index >= 15 is 0 Å². The van der Waals surface area contributed by atoms with Gasteiger partial charge in [0.2, 0.25) is 0 Å². The number of hydrogen-bond acceptors (Lipinski definition) is 16. The molecule has 0 unspecified atom stereocenters. The highest BCUT2D eigenvalue weighted by Gasteiger charge is 2.37. The Balaban J connectivity index is -0.00000144. The van der Waals surface area contributed by atoms with Crippen molar-refractivity contribution in [1.29, 1.82) is 0 Å². The van der Waals surface area contributed by atoms with Crippen molar-refractivity contribution >= 4 is 54.1 Å². The van der Waals surface area contributed by atoms with E-state index in [0.29, 0.717) is 41.1 Å². The Morgan fingerprint density at radius 1 is 0.419 bits per heavy atom. The smallest absolute Gasteiger partial charge is 0.435 e. The Hall–Kier alpha value is -11.5. The van der Waals surface area contributed by atoms with Crippen molar-refractivity contribution in [1.82, 2.24) is 69.0 Å². The fourth-order valence-electron chi connectivity index (χ4n) is 13.8. The first-order chi connectivity index (χ1) is 60.2. The molecule has 0 aliphatic heterocycles. The van der Waals surface area contributed by atoms with Crippen LogP contribution in [0.15, 0.2) is 174 Å². The molecule has 25 heteroatoms. The number of methoxy groups -OCH3 is 1. The molecule has 0 atom stereocenters. The van der Waals surface area contributed by atoms with Gasteiger partial charge in [-0.3, -0.25) is 49.2 Å². The summed E-state index contributed by atoms with van der Waals surface area (Å²) in [5, 5.41) is 16.2. The maximum Gasteiger partial charge on any atom is 0.435 e. The monoisotopic (exact) mass is 1900 g/mol. The number of aryl methyl sites for hydroxylation is 8. The van der Waals surface area contributed by atoms with Crippen molar-refractivity contribution in [2.75, 3.05) is 7.11 Å². The average molecular weight is 1900 g/mol. The lowest BCUT2D eigenvalue weighted by atomic mass is 10.00. The molecule has 136 heavy (non-hydrogen) atoms. The molecule has 0 saturated heterocycles. The molecule has 1 saturated carbocycles. The van der Waals surface area contributed by atoms with Gasteiger partial charge in [0.1, 0.15) is 17.3 Å². The van der Waals surface area contributed by atoms with Gasteiger partial charge in [-0.15, -0.1) is 11.3 Å². The van der Waals surface area contributed by atoms with E-state index in [-0.39, 0.29) is 118 Å². The van der Waals surface area contributed by atoms with Crippen LogP contribution >= 0.6 is 11.3 Å². The lowest BCUT2D eigenvalue weighted by molar-refractivity contribution is -0.142. The number of rotatable bonds is 13. The molecule has 11 aromatic heterocycles. The molecule has 0 N–H and O–H groups in total. The lowest BCUT2D eigenvalue weighted by Crippen LogP contribution is -2.22. The van der Waals surface area contributed by atoms with E-state index in [0.717, 1.165) is 85.9 Å². The first-order valence-electron chi connectivity index (χ1n) is 43.7. The summed E-state index contributed by atoms with van der Waals surface area (Å²) in [6.45, 7) is 53.5. The molecule has 0 radical (unpaired) electrons. The molecular formula is C111H164F6N14O4S. The second kappa shape index (κ2) is 60.2. The number of thiazole rings is 1. The van der Waals surface area contributed by atoms with E-state index in [1.165, 1.54) is 104 Å². The lowest BCUT2D eigenvalue weighted by Gasteiger charge is -2.14. The molecule has 3 aromatic carbocycles. The van der Waals surface area contributed by atoms with Crippen LogP contribution in [-0.2, 0) is 27.3 Å². The number of alkyl halides is 3. The predicted octanol–water partition coefficient (Wildman–Crippen LogP) is 31.8. The molecule has 1 aliphatic rings. The number of halogens is 6. The third-order valence-electron chi connectivity index (χ3n) is 21.1. The van der Waals surface area contributed by atoms with E-state index in [1.54, 1.807) is 85.6 Å². The summed E-state index contributed by atoms with van der Waals surface area (Å²) in [7, 11) is 6.60. The fourth-order valence-corrected chi connectivity index (χ4v) is 14.6. The van der Waals surface area contributed by atoms with Crippen LogP contribution in [0.25, 0.3) is 42.8 Å². The maximum atomic E-state index is 13.0. The van der Waals surface area contributed by atoms with Gasteiger partial charge >= 0.3 is 6.18 Å². The minimum Gasteiger partial charge on any atom is -0.495 e. The van der Waals surface area contributed by atoms with Crippen LogP contribution in [0.3, 0.4) is 0 Å². The molecule has 1 fully saturated rings. The normalized spacial score (nSPS) is 11.0. The van der Waals surface area contributed by atoms with Crippen molar-refractivity contribution < 1.29 is 35.8 Å². The van der Waals surface area contributed by atoms with E-state index in [2.05, 4.69) is 207 Å². The Bertz CT molecular complexity index is 5930. The molecule has 0 spiro atoms. The van der Waals surface area contributed by atoms with E-state index in [9.17, 15) is 35.9 Å². The summed E-state index contributed by atoms with van der Waals surface area (Å²) in [6, 6.07) is 30.4. The SMILES string of the molecule is C.C.C.C.C.C.C.C.CC(C)c1cc(F)c(F)cc1OC1CC1.CC(C)c1cc2ccncc2n(C)c1=O.CC(C)c1cc2cnccc2n(C)c1=O.CC(C)c1cccc2scnc12.CC(C)c1cn(C)nc1C(F)(F)F.COc1cc(F)cnc1C(C)C.Cc1c(C(C)C)ncc2ccccc12.Cc1cc(C)c(C(C)C)nn1.Cc1ccnc(C(C)C)c1C.Cc1nccnc1C(C)C. The van der Waals surface area contributed by atoms with Crippen molar-refractivity contribution in [3.63, 3.8) is 0 Å². The summed E-state index contributed by atoms with van der Waals surface area (Å²) >= 11 is 1.71. The van der Waals surface area contributed by atoms with Crippen LogP contribution in [0.5, 0.6) is 11.5 Å². The van der Waals surface area contributed by atoms with Crippen LogP contribution < -0.4 is 20.6 Å². The van der Waals surface area contributed by atoms with Crippen LogP contribution in [0, 0.1) is 59.0 Å². The molecule has 15 rings (SSSR count). The zero-order chi connectivity index (χ0) is 95.5. The first-order valence-corrected chi connectivity index (χ1v) is 44.6. The quantitative estimate of drug-likeness (QED) is 0.0983. The van der Waals surface area contributed by atoms with E-state index in [1.807, 2.05) is 111 Å². The number of para-hydroxylation sites is 1. The predicted molar refractivity (Wildman–Crippen MR) is 566 cm³/mol. The molecule has 11 heterocycles. The third kappa shape index (κ3) is 37.2. The number of nitrogens with zero attached hydrogens (tertiary/aromatic N) is 14. The van der Waals surface area contributed by atoms with Gasteiger partial charge < -0.3 is 18.6 Å². The first kappa shape index (κ1) is 129. The summed E-state index contributed by atoms with van der Waals surface area (Å²) in [5.41, 5.74) is 21.0. The zero-order valence-corrected chi connectivity index (χ0v) is 81.2. The van der Waals surface area contributed by atoms with Gasteiger partial charge in [0.25, 0.3) is 11.1 Å². The van der Waals surface area contributed by atoms with Crippen LogP contribution in [-0.4, -0.2) is 82.2 Å². The Labute approximate surface area is 816 Å². The average Bonchev–Trinajstić information content (AvgIpc) is 0.969. The summed E-state index contributed by atoms with van der Waals surface area (Å²) in [6.07, 6.45) is 14.8. The van der Waals surface area contributed by atoms with Crippen molar-refractivity contribution in [3.8, 4) is 11.5 Å². The van der Waals surface area contributed by atoms with Gasteiger partial charge in [-0.2, -0.15) is 28.5 Å². The Morgan fingerprint density at radius 2 is 0.926 bits per heavy atom. The molecule has 18 nitrogen and oxygen atoms in total. The summed E-state index contributed by atoms with van der Waals surface area (Å²) < 4.78 is 92.1. The number of fused-ring (bicyclic) bond motifs is 4. The second-order valence-electron chi connectivity index (χ2n) is 34.9. The molecular weight excluding hydrogens is 1740 g/mol. The number of ether oxygens (including phenoxy) is 2. The molecule has 750 valence electrons. The highest BCUT2D eigenvalue weighted by Crippen LogP contribution is 2.37. The van der Waals surface area contributed by atoms with Crippen molar-refractivity contribution in [2.24, 2.45) is 21.1 Å². The van der Waals surface area contributed by atoms with E-state index in [4.69, 9.17) is 9.47 Å². The Morgan fingerprint density at radius 3 is 1.43 bits per heavy atom. The molecule has 0 amide bonds. The van der Waals surface area contributed by atoms with Gasteiger partial charge in [0.15, 0.2) is 17.3 Å². The number of pyridine rings is 7. The second-order valence-corrected chi connectivity index (χ2v) is 35.8. The van der Waals surface area contributed by atoms with Gasteiger partial charge in [-0.25, -0.2) is 18.2 Å². The topological polar surface area (TPSA) is 209 Å². The third-order valence-corrected chi connectivity index (χ3v) is 21.9. The highest BCUT2D eigenvalue weighted by molar-refractivity contribution is 7.16. The van der Waals surface area contributed by atoms with Crippen LogP contribution in [0.2, 0.25) is 0 Å². The molecule has 1 aliphatic carbocycles. The van der Waals surface area contributed by atoms with Crippen molar-refractivity contribution in [3.05, 3.63) is 298 Å². The minimum atomic E-state index is -4.35. The van der Waals surface area contributed by atoms with E-state index < -0.39 is 23.5 Å². The van der Waals surface area contributed by atoms with Gasteiger partial charge in [-0.05, 0) is 201 Å². The maximum absolute atomic E-state index is 13.0. The Kier molecular flexibility index (Phi) is 56.9. The fraction of sp³-hybridized carbons (Fsp3) is 0.468. The standard InChI is InChI=1S/C13H15N.C12H14F2O.2C12H14N2O.C10H11NS.C10H15N.C9H12FNO.C9H14N2.C8H11F3N2.C8H12N2.8CH4/c1-9(2)13-10(3)12-7-5-4-6-11(12)8-14-13;1-7(2)9-5-10(13)11(14)6-12(9)15-8-3-4-8;1-8(2)10-6-9-7-13-5-4-11(9)14(3)12(10)15;1-8(2)10-6-9-4-5-13-7-11(9)14(3)12(10)15;1-7(2)8-4-3-5-9-10(8)11-6-12-9;1-7(2)10-9(4)8(3)5-6-11-10;1-6(2)9-8(12-3)4-7(10)5-11-9;1-6(2)9-7(3)5-8(4)10-11-9;1-5(2)6-4-13(3)12-7(6)8(9,10)11;1-6(2)8-7(3)9-4-5-10-8;;;;;;;;/h4-9H,1-3H3;5-8H,3-4H2,1-2H3;2*4-8H,1-3H3;3-7H,1-2H3;5-7H,1-4H3;4-6H,1-3H3;5-6H,1-4H3;4-5H,1-3H3;4-6H,1-3H3;8*1H4. The largest absolute Gasteiger partial charge is 0.495 e. The number of benzene rings is 3. The summed E-state index contributed by atoms with van der Waals surface area (Å²) in [5.74, 6) is 2.28. The van der Waals surface area contributed by atoms with Gasteiger partial charge in [0.05, 0.1) is 80.8 Å².